The lowest BCUT2D eigenvalue weighted by molar-refractivity contribution is -0.142. The van der Waals surface area contributed by atoms with Crippen LogP contribution in [0.4, 0.5) is 5.69 Å². The number of carbonyl (C=O) groups excluding carboxylic acids is 1. The summed E-state index contributed by atoms with van der Waals surface area (Å²) in [5, 5.41) is 0. The number of hydrogen-bond acceptors (Lipinski definition) is 4. The van der Waals surface area contributed by atoms with Crippen molar-refractivity contribution in [1.29, 1.82) is 0 Å². The summed E-state index contributed by atoms with van der Waals surface area (Å²) in [6.07, 6.45) is 1.87. The quantitative estimate of drug-likeness (QED) is 0.632. The number of likely N-dealkylation sites (N-methyl/N-ethyl adjacent to an activating group) is 1. The van der Waals surface area contributed by atoms with Crippen molar-refractivity contribution >= 4 is 11.7 Å². The first-order valence-corrected chi connectivity index (χ1v) is 10.7. The number of nitrogens with zero attached hydrogens (tertiary/aromatic N) is 2. The van der Waals surface area contributed by atoms with Gasteiger partial charge in [-0.15, -0.1) is 0 Å². The fourth-order valence-electron chi connectivity index (χ4n) is 3.94. The molecule has 0 N–H and O–H groups in total. The van der Waals surface area contributed by atoms with Gasteiger partial charge in [0.1, 0.15) is 0 Å². The topological polar surface area (TPSA) is 32.8 Å². The molecule has 1 aliphatic heterocycles. The van der Waals surface area contributed by atoms with Gasteiger partial charge in [-0.3, -0.25) is 4.79 Å². The Morgan fingerprint density at radius 1 is 1.03 bits per heavy atom. The van der Waals surface area contributed by atoms with Crippen LogP contribution in [0.5, 0.6) is 0 Å². The second kappa shape index (κ2) is 9.93. The Bertz CT molecular complexity index is 795. The third kappa shape index (κ3) is 5.39. The summed E-state index contributed by atoms with van der Waals surface area (Å²) >= 11 is 0. The number of piperazine rings is 1. The molecular formula is C25H34N2O2. The van der Waals surface area contributed by atoms with Crippen molar-refractivity contribution in [3.8, 4) is 11.1 Å². The Labute approximate surface area is 175 Å². The molecule has 4 heteroatoms. The summed E-state index contributed by atoms with van der Waals surface area (Å²) in [5.74, 6) is 0.123. The molecule has 0 aliphatic carbocycles. The molecule has 2 aromatic carbocycles. The maximum absolute atomic E-state index is 12.4. The highest BCUT2D eigenvalue weighted by Crippen LogP contribution is 2.31. The molecule has 0 amide bonds. The smallest absolute Gasteiger partial charge is 0.313 e. The second-order valence-corrected chi connectivity index (χ2v) is 8.29. The average Bonchev–Trinajstić information content (AvgIpc) is 2.77. The number of rotatable bonds is 7. The lowest BCUT2D eigenvalue weighted by atomic mass is 9.87. The van der Waals surface area contributed by atoms with E-state index in [1.807, 2.05) is 12.1 Å². The van der Waals surface area contributed by atoms with E-state index >= 15 is 0 Å². The number of benzene rings is 2. The van der Waals surface area contributed by atoms with Crippen LogP contribution in [0.3, 0.4) is 0 Å². The average molecular weight is 395 g/mol. The molecule has 3 rings (SSSR count). The van der Waals surface area contributed by atoms with Gasteiger partial charge in [-0.05, 0) is 48.2 Å². The second-order valence-electron chi connectivity index (χ2n) is 8.29. The Morgan fingerprint density at radius 2 is 1.72 bits per heavy atom. The third-order valence-corrected chi connectivity index (χ3v) is 6.18. The third-order valence-electron chi connectivity index (χ3n) is 6.18. The molecule has 0 aromatic heterocycles. The van der Waals surface area contributed by atoms with E-state index in [0.717, 1.165) is 50.1 Å². The molecule has 1 saturated heterocycles. The van der Waals surface area contributed by atoms with Crippen LogP contribution >= 0.6 is 0 Å². The number of carbonyl (C=O) groups is 1. The molecule has 1 fully saturated rings. The van der Waals surface area contributed by atoms with Gasteiger partial charge in [0.15, 0.2) is 0 Å². The van der Waals surface area contributed by atoms with Gasteiger partial charge in [0, 0.05) is 31.9 Å². The van der Waals surface area contributed by atoms with Gasteiger partial charge in [0.25, 0.3) is 0 Å². The normalized spacial score (nSPS) is 17.0. The highest BCUT2D eigenvalue weighted by Gasteiger charge is 2.23. The number of methoxy groups -OCH3 is 1. The maximum Gasteiger partial charge on any atom is 0.313 e. The first kappa shape index (κ1) is 21.4. The van der Waals surface area contributed by atoms with Crippen LogP contribution in [0.25, 0.3) is 11.1 Å². The highest BCUT2D eigenvalue weighted by atomic mass is 16.5. The molecule has 2 atom stereocenters. The Hall–Kier alpha value is -2.33. The molecule has 0 bridgehead atoms. The van der Waals surface area contributed by atoms with Crippen LogP contribution in [-0.4, -0.2) is 51.2 Å². The van der Waals surface area contributed by atoms with Gasteiger partial charge in [-0.1, -0.05) is 56.7 Å². The van der Waals surface area contributed by atoms with E-state index in [2.05, 4.69) is 67.1 Å². The van der Waals surface area contributed by atoms with Gasteiger partial charge < -0.3 is 14.5 Å². The fraction of sp³-hybridized carbons (Fsp3) is 0.480. The molecule has 156 valence electrons. The molecule has 1 unspecified atom stereocenters. The van der Waals surface area contributed by atoms with Gasteiger partial charge in [0.2, 0.25) is 0 Å². The van der Waals surface area contributed by atoms with Gasteiger partial charge in [0.05, 0.1) is 13.0 Å². The van der Waals surface area contributed by atoms with Crippen LogP contribution in [-0.2, 0) is 9.53 Å². The summed E-state index contributed by atoms with van der Waals surface area (Å²) in [6, 6.07) is 17.2. The summed E-state index contributed by atoms with van der Waals surface area (Å²) in [7, 11) is 3.66. The molecule has 29 heavy (non-hydrogen) atoms. The molecule has 4 nitrogen and oxygen atoms in total. The Morgan fingerprint density at radius 3 is 2.34 bits per heavy atom. The summed E-state index contributed by atoms with van der Waals surface area (Å²) in [5.41, 5.74) is 4.64. The van der Waals surface area contributed by atoms with Gasteiger partial charge in [-0.2, -0.15) is 0 Å². The lowest BCUT2D eigenvalue weighted by Crippen LogP contribution is -2.44. The summed E-state index contributed by atoms with van der Waals surface area (Å²) < 4.78 is 5.10. The number of ether oxygens (including phenoxy) is 1. The Kier molecular flexibility index (Phi) is 7.32. The maximum atomic E-state index is 12.4. The van der Waals surface area contributed by atoms with Crippen LogP contribution in [0.1, 0.15) is 38.2 Å². The minimum Gasteiger partial charge on any atom is -0.469 e. The van der Waals surface area contributed by atoms with Gasteiger partial charge >= 0.3 is 5.97 Å². The minimum absolute atomic E-state index is 0.145. The summed E-state index contributed by atoms with van der Waals surface area (Å²) in [4.78, 5) is 17.2. The first-order chi connectivity index (χ1) is 14.0. The van der Waals surface area contributed by atoms with Crippen LogP contribution in [0.2, 0.25) is 0 Å². The van der Waals surface area contributed by atoms with E-state index in [1.165, 1.54) is 18.4 Å². The van der Waals surface area contributed by atoms with E-state index in [0.29, 0.717) is 5.92 Å². The van der Waals surface area contributed by atoms with E-state index in [4.69, 9.17) is 4.74 Å². The van der Waals surface area contributed by atoms with E-state index in [1.54, 1.807) is 0 Å². The zero-order valence-corrected chi connectivity index (χ0v) is 18.2. The molecule has 0 radical (unpaired) electrons. The SMILES string of the molecule is CC[C@H](C)CC(C(=O)OC)c1cccc(-c2ccc(N3CCN(C)CC3)cc2)c1. The molecular weight excluding hydrogens is 360 g/mol. The van der Waals surface area contributed by atoms with Crippen molar-refractivity contribution in [3.63, 3.8) is 0 Å². The van der Waals surface area contributed by atoms with Crippen molar-refractivity contribution < 1.29 is 9.53 Å². The minimum atomic E-state index is -0.209. The van der Waals surface area contributed by atoms with Crippen LogP contribution in [0, 0.1) is 5.92 Å². The van der Waals surface area contributed by atoms with Crippen molar-refractivity contribution in [3.05, 3.63) is 54.1 Å². The molecule has 1 aliphatic rings. The largest absolute Gasteiger partial charge is 0.469 e. The van der Waals surface area contributed by atoms with Gasteiger partial charge in [-0.25, -0.2) is 0 Å². The zero-order chi connectivity index (χ0) is 20.8. The van der Waals surface area contributed by atoms with E-state index in [-0.39, 0.29) is 11.9 Å². The number of esters is 1. The first-order valence-electron chi connectivity index (χ1n) is 10.7. The molecule has 1 heterocycles. The van der Waals surface area contributed by atoms with Crippen molar-refractivity contribution in [2.24, 2.45) is 5.92 Å². The summed E-state index contributed by atoms with van der Waals surface area (Å²) in [6.45, 7) is 8.71. The zero-order valence-electron chi connectivity index (χ0n) is 18.2. The molecule has 2 aromatic rings. The van der Waals surface area contributed by atoms with Crippen LogP contribution < -0.4 is 4.90 Å². The van der Waals surface area contributed by atoms with Crippen LogP contribution in [0.15, 0.2) is 48.5 Å². The van der Waals surface area contributed by atoms with Crippen molar-refractivity contribution in [1.82, 2.24) is 4.90 Å². The Balaban J connectivity index is 1.80. The van der Waals surface area contributed by atoms with Crippen molar-refractivity contribution in [2.75, 3.05) is 45.2 Å². The molecule has 0 spiro atoms. The lowest BCUT2D eigenvalue weighted by Gasteiger charge is -2.34. The predicted molar refractivity (Wildman–Crippen MR) is 120 cm³/mol. The molecule has 0 saturated carbocycles. The van der Waals surface area contributed by atoms with E-state index < -0.39 is 0 Å². The number of anilines is 1. The standard InChI is InChI=1S/C25H34N2O2/c1-5-19(2)17-24(25(28)29-4)22-8-6-7-21(18-22)20-9-11-23(12-10-20)27-15-13-26(3)14-16-27/h6-12,18-19,24H,5,13-17H2,1-4H3/t19-,24?/m0/s1. The van der Waals surface area contributed by atoms with Crippen molar-refractivity contribution in [2.45, 2.75) is 32.6 Å². The van der Waals surface area contributed by atoms with E-state index in [9.17, 15) is 4.79 Å². The fourth-order valence-corrected chi connectivity index (χ4v) is 3.94. The predicted octanol–water partition coefficient (Wildman–Crippen LogP) is 4.80. The monoisotopic (exact) mass is 394 g/mol. The highest BCUT2D eigenvalue weighted by molar-refractivity contribution is 5.79. The number of hydrogen-bond donors (Lipinski definition) is 0.